The monoisotopic (exact) mass is 1020 g/mol. The molecule has 73 heavy (non-hydrogen) atoms. The van der Waals surface area contributed by atoms with E-state index in [0.717, 1.165) is 96.3 Å². The maximum Gasteiger partial charge on any atom is 0.306 e. The number of esters is 3. The highest BCUT2D eigenvalue weighted by Gasteiger charge is 2.19. The Hall–Kier alpha value is -2.89. The molecule has 0 saturated carbocycles. The number of unbranched alkanes of at least 4 members (excludes halogenated alkanes) is 38. The lowest BCUT2D eigenvalue weighted by Gasteiger charge is -2.18. The fourth-order valence-corrected chi connectivity index (χ4v) is 9.27. The van der Waals surface area contributed by atoms with E-state index in [1.807, 2.05) is 0 Å². The van der Waals surface area contributed by atoms with Crippen molar-refractivity contribution >= 4 is 17.9 Å². The van der Waals surface area contributed by atoms with Crippen molar-refractivity contribution in [2.75, 3.05) is 13.2 Å². The van der Waals surface area contributed by atoms with Gasteiger partial charge in [0.15, 0.2) is 6.10 Å². The van der Waals surface area contributed by atoms with Crippen LogP contribution in [-0.4, -0.2) is 37.2 Å². The van der Waals surface area contributed by atoms with Crippen molar-refractivity contribution in [3.05, 3.63) is 60.8 Å². The van der Waals surface area contributed by atoms with Crippen LogP contribution in [0.3, 0.4) is 0 Å². The lowest BCUT2D eigenvalue weighted by molar-refractivity contribution is -0.167. The summed E-state index contributed by atoms with van der Waals surface area (Å²) in [6, 6.07) is 0. The average molecular weight is 1020 g/mol. The maximum atomic E-state index is 12.9. The number of carbonyl (C=O) groups is 3. The van der Waals surface area contributed by atoms with Gasteiger partial charge >= 0.3 is 17.9 Å². The second kappa shape index (κ2) is 61.7. The van der Waals surface area contributed by atoms with Gasteiger partial charge < -0.3 is 14.2 Å². The van der Waals surface area contributed by atoms with E-state index in [4.69, 9.17) is 14.2 Å². The van der Waals surface area contributed by atoms with E-state index in [2.05, 4.69) is 81.5 Å². The molecule has 0 aliphatic carbocycles. The quantitative estimate of drug-likeness (QED) is 0.0199. The van der Waals surface area contributed by atoms with Gasteiger partial charge in [0, 0.05) is 19.3 Å². The zero-order valence-corrected chi connectivity index (χ0v) is 48.7. The van der Waals surface area contributed by atoms with Gasteiger partial charge in [0.2, 0.25) is 0 Å². The van der Waals surface area contributed by atoms with Crippen molar-refractivity contribution in [3.8, 4) is 0 Å². The third-order valence-corrected chi connectivity index (χ3v) is 14.0. The first kappa shape index (κ1) is 70.1. The van der Waals surface area contributed by atoms with E-state index in [1.165, 1.54) is 193 Å². The van der Waals surface area contributed by atoms with Gasteiger partial charge in [-0.25, -0.2) is 0 Å². The minimum Gasteiger partial charge on any atom is -0.462 e. The summed E-state index contributed by atoms with van der Waals surface area (Å²) in [5.74, 6) is -0.881. The molecule has 0 radical (unpaired) electrons. The molecule has 0 aromatic heterocycles. The number of allylic oxidation sites excluding steroid dienone is 10. The molecule has 1 unspecified atom stereocenters. The fraction of sp³-hybridized carbons (Fsp3) is 0.806. The predicted molar refractivity (Wildman–Crippen MR) is 316 cm³/mol. The van der Waals surface area contributed by atoms with Crippen molar-refractivity contribution in [3.63, 3.8) is 0 Å². The first-order chi connectivity index (χ1) is 36.0. The summed E-state index contributed by atoms with van der Waals surface area (Å²) in [6.07, 6.45) is 77.9. The molecule has 0 bridgehead atoms. The number of carbonyl (C=O) groups excluding carboxylic acids is 3. The zero-order chi connectivity index (χ0) is 52.9. The Balaban J connectivity index is 4.38. The van der Waals surface area contributed by atoms with Crippen molar-refractivity contribution in [2.45, 2.75) is 335 Å². The second-order valence-corrected chi connectivity index (χ2v) is 21.3. The molecule has 0 rings (SSSR count). The van der Waals surface area contributed by atoms with Gasteiger partial charge in [-0.05, 0) is 77.0 Å². The molecule has 0 heterocycles. The van der Waals surface area contributed by atoms with Gasteiger partial charge in [0.05, 0.1) is 0 Å². The first-order valence-electron chi connectivity index (χ1n) is 31.8. The van der Waals surface area contributed by atoms with Crippen LogP contribution in [0.5, 0.6) is 0 Å². The second-order valence-electron chi connectivity index (χ2n) is 21.3. The molecule has 0 aliphatic heterocycles. The molecule has 0 aliphatic rings. The van der Waals surface area contributed by atoms with Crippen LogP contribution in [0.4, 0.5) is 0 Å². The van der Waals surface area contributed by atoms with Crippen LogP contribution in [0.25, 0.3) is 0 Å². The summed E-state index contributed by atoms with van der Waals surface area (Å²) >= 11 is 0. The normalized spacial score (nSPS) is 12.4. The molecule has 6 heteroatoms. The van der Waals surface area contributed by atoms with E-state index in [1.54, 1.807) is 0 Å². The summed E-state index contributed by atoms with van der Waals surface area (Å²) in [7, 11) is 0. The number of ether oxygens (including phenoxy) is 3. The molecule has 0 amide bonds. The van der Waals surface area contributed by atoms with Crippen LogP contribution in [0.2, 0.25) is 0 Å². The van der Waals surface area contributed by atoms with Gasteiger partial charge in [-0.1, -0.05) is 293 Å². The Morgan fingerprint density at radius 3 is 0.918 bits per heavy atom. The molecule has 1 atom stereocenters. The first-order valence-corrected chi connectivity index (χ1v) is 31.8. The molecule has 0 N–H and O–H groups in total. The highest BCUT2D eigenvalue weighted by molar-refractivity contribution is 5.71. The summed E-state index contributed by atoms with van der Waals surface area (Å²) in [5.41, 5.74) is 0. The molecule has 0 saturated heterocycles. The standard InChI is InChI=1S/C67H120O6/c1-4-7-10-13-16-19-22-25-28-31-34-37-39-42-45-48-51-54-57-60-66(69)72-63-64(73-67(70)61-58-55-52-49-46-43-40-36-33-30-27-24-21-18-15-12-9-6-3)62-71-65(68)59-56-53-50-47-44-41-38-35-32-29-26-23-20-17-14-11-8-5-2/h7,10,16,19,25,28,30,33,36,40,64H,4-6,8-9,11-15,17-18,20-24,26-27,29,31-32,34-35,37-39,41-63H2,1-3H3/b10-7-,19-16-,28-25-,33-30-,40-36-. The fourth-order valence-electron chi connectivity index (χ4n) is 9.27. The zero-order valence-electron chi connectivity index (χ0n) is 48.7. The van der Waals surface area contributed by atoms with Crippen LogP contribution in [0.1, 0.15) is 329 Å². The molecule has 424 valence electrons. The Kier molecular flexibility index (Phi) is 59.2. The van der Waals surface area contributed by atoms with Crippen LogP contribution < -0.4 is 0 Å². The smallest absolute Gasteiger partial charge is 0.306 e. The minimum absolute atomic E-state index is 0.0789. The van der Waals surface area contributed by atoms with Crippen LogP contribution in [0.15, 0.2) is 60.8 Å². The Morgan fingerprint density at radius 2 is 0.575 bits per heavy atom. The van der Waals surface area contributed by atoms with Crippen molar-refractivity contribution in [1.29, 1.82) is 0 Å². The van der Waals surface area contributed by atoms with E-state index in [9.17, 15) is 14.4 Å². The third-order valence-electron chi connectivity index (χ3n) is 14.0. The van der Waals surface area contributed by atoms with Gasteiger partial charge in [-0.2, -0.15) is 0 Å². The Labute approximate surface area is 453 Å². The SMILES string of the molecule is CC/C=C\C/C=C\C/C=C\CCCCCCCCCCCC(=O)OCC(COC(=O)CCCCCCCCCCCCCCCCCCCC)OC(=O)CCCCCCC/C=C\C=C/CCCCCCCCC. The summed E-state index contributed by atoms with van der Waals surface area (Å²) in [6.45, 7) is 6.56. The third kappa shape index (κ3) is 59.9. The minimum atomic E-state index is -0.784. The van der Waals surface area contributed by atoms with Crippen molar-refractivity contribution in [1.82, 2.24) is 0 Å². The largest absolute Gasteiger partial charge is 0.462 e. The van der Waals surface area contributed by atoms with Crippen molar-refractivity contribution in [2.24, 2.45) is 0 Å². The number of rotatable bonds is 58. The van der Waals surface area contributed by atoms with Crippen LogP contribution in [0, 0.1) is 0 Å². The highest BCUT2D eigenvalue weighted by atomic mass is 16.6. The molecular weight excluding hydrogens is 901 g/mol. The summed E-state index contributed by atoms with van der Waals surface area (Å²) in [5, 5.41) is 0. The van der Waals surface area contributed by atoms with Gasteiger partial charge in [-0.3, -0.25) is 14.4 Å². The molecule has 0 aromatic carbocycles. The number of hydrogen-bond acceptors (Lipinski definition) is 6. The molecule has 0 fully saturated rings. The molecule has 6 nitrogen and oxygen atoms in total. The maximum absolute atomic E-state index is 12.9. The van der Waals surface area contributed by atoms with Crippen molar-refractivity contribution < 1.29 is 28.6 Å². The topological polar surface area (TPSA) is 78.9 Å². The molecular formula is C67H120O6. The van der Waals surface area contributed by atoms with Gasteiger partial charge in [0.1, 0.15) is 13.2 Å². The molecule has 0 spiro atoms. The lowest BCUT2D eigenvalue weighted by Crippen LogP contribution is -2.30. The average Bonchev–Trinajstić information content (AvgIpc) is 3.39. The van der Waals surface area contributed by atoms with Crippen LogP contribution in [-0.2, 0) is 28.6 Å². The summed E-state index contributed by atoms with van der Waals surface area (Å²) < 4.78 is 16.9. The summed E-state index contributed by atoms with van der Waals surface area (Å²) in [4.78, 5) is 38.3. The van der Waals surface area contributed by atoms with Gasteiger partial charge in [0.25, 0.3) is 0 Å². The van der Waals surface area contributed by atoms with Gasteiger partial charge in [-0.15, -0.1) is 0 Å². The van der Waals surface area contributed by atoms with E-state index in [-0.39, 0.29) is 31.1 Å². The highest BCUT2D eigenvalue weighted by Crippen LogP contribution is 2.17. The van der Waals surface area contributed by atoms with E-state index >= 15 is 0 Å². The Morgan fingerprint density at radius 1 is 0.301 bits per heavy atom. The van der Waals surface area contributed by atoms with E-state index in [0.29, 0.717) is 19.3 Å². The lowest BCUT2D eigenvalue weighted by atomic mass is 10.0. The van der Waals surface area contributed by atoms with E-state index < -0.39 is 6.10 Å². The number of hydrogen-bond donors (Lipinski definition) is 0. The van der Waals surface area contributed by atoms with Crippen LogP contribution >= 0.6 is 0 Å². The molecule has 0 aromatic rings. The Bertz CT molecular complexity index is 1310. The predicted octanol–water partition coefficient (Wildman–Crippen LogP) is 21.6.